The van der Waals surface area contributed by atoms with Crippen LogP contribution in [0, 0.1) is 6.92 Å². The Balaban J connectivity index is 2.34. The summed E-state index contributed by atoms with van der Waals surface area (Å²) >= 11 is 0. The van der Waals surface area contributed by atoms with Gasteiger partial charge >= 0.3 is 0 Å². The SMILES string of the molecule is Cc1coc2c1NC(C=O)C2. The van der Waals surface area contributed by atoms with Crippen molar-refractivity contribution in [3.63, 3.8) is 0 Å². The molecule has 2 heterocycles. The third-order valence-corrected chi connectivity index (χ3v) is 1.95. The Morgan fingerprint density at radius 1 is 1.82 bits per heavy atom. The molecule has 3 heteroatoms. The van der Waals surface area contributed by atoms with Crippen molar-refractivity contribution in [2.24, 2.45) is 0 Å². The second-order valence-corrected chi connectivity index (χ2v) is 2.81. The van der Waals surface area contributed by atoms with Gasteiger partial charge in [-0.25, -0.2) is 0 Å². The van der Waals surface area contributed by atoms with Crippen LogP contribution >= 0.6 is 0 Å². The normalized spacial score (nSPS) is 21.0. The zero-order valence-corrected chi connectivity index (χ0v) is 6.26. The monoisotopic (exact) mass is 151 g/mol. The average molecular weight is 151 g/mol. The minimum absolute atomic E-state index is 0.0800. The van der Waals surface area contributed by atoms with Gasteiger partial charge in [-0.15, -0.1) is 0 Å². The number of fused-ring (bicyclic) bond motifs is 1. The van der Waals surface area contributed by atoms with Gasteiger partial charge in [-0.05, 0) is 6.92 Å². The van der Waals surface area contributed by atoms with E-state index in [4.69, 9.17) is 4.42 Å². The van der Waals surface area contributed by atoms with Gasteiger partial charge in [0.1, 0.15) is 12.0 Å². The molecule has 2 rings (SSSR count). The van der Waals surface area contributed by atoms with Crippen LogP contribution in [0.3, 0.4) is 0 Å². The number of carbonyl (C=O) groups is 1. The Hall–Kier alpha value is -1.25. The Labute approximate surface area is 64.4 Å². The molecule has 1 aromatic heterocycles. The Bertz CT molecular complexity index is 290. The molecule has 3 nitrogen and oxygen atoms in total. The van der Waals surface area contributed by atoms with Crippen LogP contribution in [0.25, 0.3) is 0 Å². The molecule has 1 N–H and O–H groups in total. The van der Waals surface area contributed by atoms with Crippen LogP contribution in [0.5, 0.6) is 0 Å². The number of anilines is 1. The minimum atomic E-state index is -0.0800. The largest absolute Gasteiger partial charge is 0.467 e. The van der Waals surface area contributed by atoms with Gasteiger partial charge in [0.05, 0.1) is 18.0 Å². The van der Waals surface area contributed by atoms with Gasteiger partial charge in [-0.2, -0.15) is 0 Å². The van der Waals surface area contributed by atoms with Crippen LogP contribution in [0.4, 0.5) is 5.69 Å². The summed E-state index contributed by atoms with van der Waals surface area (Å²) in [6, 6.07) is -0.0800. The molecule has 0 radical (unpaired) electrons. The van der Waals surface area contributed by atoms with Crippen molar-refractivity contribution in [1.82, 2.24) is 0 Å². The van der Waals surface area contributed by atoms with Crippen molar-refractivity contribution in [1.29, 1.82) is 0 Å². The van der Waals surface area contributed by atoms with Crippen LogP contribution in [0.15, 0.2) is 10.7 Å². The molecule has 58 valence electrons. The highest BCUT2D eigenvalue weighted by molar-refractivity contribution is 5.71. The average Bonchev–Trinajstić information content (AvgIpc) is 2.53. The number of hydrogen-bond acceptors (Lipinski definition) is 3. The molecule has 1 aliphatic heterocycles. The van der Waals surface area contributed by atoms with E-state index in [1.54, 1.807) is 6.26 Å². The van der Waals surface area contributed by atoms with Gasteiger partial charge in [0, 0.05) is 12.0 Å². The fourth-order valence-electron chi connectivity index (χ4n) is 1.36. The molecule has 1 unspecified atom stereocenters. The van der Waals surface area contributed by atoms with Gasteiger partial charge in [0.15, 0.2) is 0 Å². The van der Waals surface area contributed by atoms with E-state index in [1.165, 1.54) is 0 Å². The molecule has 11 heavy (non-hydrogen) atoms. The van der Waals surface area contributed by atoms with Crippen molar-refractivity contribution in [2.45, 2.75) is 19.4 Å². The van der Waals surface area contributed by atoms with E-state index in [0.29, 0.717) is 6.42 Å². The first-order valence-electron chi connectivity index (χ1n) is 3.60. The Morgan fingerprint density at radius 2 is 2.64 bits per heavy atom. The molecular weight excluding hydrogens is 142 g/mol. The highest BCUT2D eigenvalue weighted by atomic mass is 16.3. The van der Waals surface area contributed by atoms with E-state index >= 15 is 0 Å². The molecule has 1 aromatic rings. The number of carbonyl (C=O) groups excluding carboxylic acids is 1. The molecule has 0 saturated carbocycles. The van der Waals surface area contributed by atoms with Gasteiger partial charge in [0.2, 0.25) is 0 Å². The highest BCUT2D eigenvalue weighted by Gasteiger charge is 2.24. The van der Waals surface area contributed by atoms with Gasteiger partial charge in [-0.3, -0.25) is 0 Å². The first-order chi connectivity index (χ1) is 5.31. The first kappa shape index (κ1) is 6.46. The number of furan rings is 1. The quantitative estimate of drug-likeness (QED) is 0.611. The summed E-state index contributed by atoms with van der Waals surface area (Å²) in [6.45, 7) is 1.96. The standard InChI is InChI=1S/C8H9NO2/c1-5-4-11-7-2-6(3-10)9-8(5)7/h3-4,6,9H,2H2,1H3. The molecule has 1 atom stereocenters. The second kappa shape index (κ2) is 2.12. The van der Waals surface area contributed by atoms with E-state index in [-0.39, 0.29) is 6.04 Å². The number of aldehydes is 1. The van der Waals surface area contributed by atoms with E-state index < -0.39 is 0 Å². The molecule has 1 aliphatic rings. The lowest BCUT2D eigenvalue weighted by atomic mass is 10.2. The van der Waals surface area contributed by atoms with Gasteiger partial charge < -0.3 is 14.5 Å². The predicted octanol–water partition coefficient (Wildman–Crippen LogP) is 1.12. The first-order valence-corrected chi connectivity index (χ1v) is 3.60. The third-order valence-electron chi connectivity index (χ3n) is 1.95. The summed E-state index contributed by atoms with van der Waals surface area (Å²) in [4.78, 5) is 10.4. The van der Waals surface area contributed by atoms with Crippen LogP contribution in [0.1, 0.15) is 11.3 Å². The van der Waals surface area contributed by atoms with E-state index in [1.807, 2.05) is 6.92 Å². The lowest BCUT2D eigenvalue weighted by Crippen LogP contribution is -2.16. The van der Waals surface area contributed by atoms with Crippen molar-refractivity contribution in [3.05, 3.63) is 17.6 Å². The summed E-state index contributed by atoms with van der Waals surface area (Å²) in [7, 11) is 0. The Morgan fingerprint density at radius 3 is 3.27 bits per heavy atom. The Kier molecular flexibility index (Phi) is 1.24. The molecule has 0 spiro atoms. The lowest BCUT2D eigenvalue weighted by Gasteiger charge is -2.00. The van der Waals surface area contributed by atoms with Crippen LogP contribution in [-0.4, -0.2) is 12.3 Å². The highest BCUT2D eigenvalue weighted by Crippen LogP contribution is 2.29. The van der Waals surface area contributed by atoms with Crippen molar-refractivity contribution < 1.29 is 9.21 Å². The molecule has 0 bridgehead atoms. The van der Waals surface area contributed by atoms with Gasteiger partial charge in [-0.1, -0.05) is 0 Å². The van der Waals surface area contributed by atoms with Crippen LogP contribution < -0.4 is 5.32 Å². The molecule has 0 amide bonds. The number of hydrogen-bond donors (Lipinski definition) is 1. The number of nitrogens with one attached hydrogen (secondary N) is 1. The molecular formula is C8H9NO2. The zero-order valence-electron chi connectivity index (χ0n) is 6.26. The van der Waals surface area contributed by atoms with Crippen LogP contribution in [-0.2, 0) is 11.2 Å². The maximum absolute atomic E-state index is 10.4. The number of rotatable bonds is 1. The zero-order chi connectivity index (χ0) is 7.84. The van der Waals surface area contributed by atoms with Gasteiger partial charge in [0.25, 0.3) is 0 Å². The second-order valence-electron chi connectivity index (χ2n) is 2.81. The van der Waals surface area contributed by atoms with Crippen LogP contribution in [0.2, 0.25) is 0 Å². The summed E-state index contributed by atoms with van der Waals surface area (Å²) in [5.41, 5.74) is 2.08. The van der Waals surface area contributed by atoms with Crippen molar-refractivity contribution >= 4 is 12.0 Å². The van der Waals surface area contributed by atoms with Crippen molar-refractivity contribution in [2.75, 3.05) is 5.32 Å². The summed E-state index contributed by atoms with van der Waals surface area (Å²) in [5.74, 6) is 0.902. The van der Waals surface area contributed by atoms with E-state index in [9.17, 15) is 4.79 Å². The maximum Gasteiger partial charge on any atom is 0.142 e. The fourth-order valence-corrected chi connectivity index (χ4v) is 1.36. The van der Waals surface area contributed by atoms with Crippen molar-refractivity contribution in [3.8, 4) is 0 Å². The predicted molar refractivity (Wildman–Crippen MR) is 40.6 cm³/mol. The lowest BCUT2D eigenvalue weighted by molar-refractivity contribution is -0.108. The van der Waals surface area contributed by atoms with E-state index in [2.05, 4.69) is 5.32 Å². The topological polar surface area (TPSA) is 42.2 Å². The minimum Gasteiger partial charge on any atom is -0.467 e. The maximum atomic E-state index is 10.4. The van der Waals surface area contributed by atoms with E-state index in [0.717, 1.165) is 23.3 Å². The number of aryl methyl sites for hydroxylation is 1. The molecule has 0 fully saturated rings. The fraction of sp³-hybridized carbons (Fsp3) is 0.375. The smallest absolute Gasteiger partial charge is 0.142 e. The molecule has 0 aromatic carbocycles. The third kappa shape index (κ3) is 0.843. The summed E-state index contributed by atoms with van der Waals surface area (Å²) < 4.78 is 5.22. The summed E-state index contributed by atoms with van der Waals surface area (Å²) in [5, 5.41) is 3.07. The molecule has 0 saturated heterocycles. The summed E-state index contributed by atoms with van der Waals surface area (Å²) in [6.07, 6.45) is 3.31. The molecule has 0 aliphatic carbocycles.